The number of halogens is 2. The highest BCUT2D eigenvalue weighted by Gasteiger charge is 2.13. The van der Waals surface area contributed by atoms with Gasteiger partial charge in [-0.3, -0.25) is 0 Å². The molecule has 0 aliphatic rings. The molecule has 1 N–H and O–H groups in total. The minimum Gasteiger partial charge on any atom is -0.478 e. The van der Waals surface area contributed by atoms with Crippen LogP contribution in [0.25, 0.3) is 0 Å². The lowest BCUT2D eigenvalue weighted by atomic mass is 10.2. The second-order valence-corrected chi connectivity index (χ2v) is 4.63. The van der Waals surface area contributed by atoms with Gasteiger partial charge >= 0.3 is 5.97 Å². The first-order valence-corrected chi connectivity index (χ1v) is 6.06. The lowest BCUT2D eigenvalue weighted by molar-refractivity contribution is 0.0694. The first-order valence-electron chi connectivity index (χ1n) is 4.89. The zero-order chi connectivity index (χ0) is 13.1. The van der Waals surface area contributed by atoms with E-state index >= 15 is 0 Å². The van der Waals surface area contributed by atoms with Gasteiger partial charge < -0.3 is 9.84 Å². The average molecular weight is 329 g/mol. The van der Waals surface area contributed by atoms with Crippen molar-refractivity contribution in [3.05, 3.63) is 51.6 Å². The highest BCUT2D eigenvalue weighted by Crippen LogP contribution is 2.31. The van der Waals surface area contributed by atoms with Gasteiger partial charge in [-0.15, -0.1) is 0 Å². The number of para-hydroxylation sites is 1. The normalized spacial score (nSPS) is 10.1. The van der Waals surface area contributed by atoms with E-state index in [2.05, 4.69) is 20.9 Å². The molecule has 0 unspecified atom stereocenters. The van der Waals surface area contributed by atoms with Crippen LogP contribution >= 0.6 is 27.5 Å². The van der Waals surface area contributed by atoms with Crippen LogP contribution in [-0.2, 0) is 0 Å². The van der Waals surface area contributed by atoms with Crippen molar-refractivity contribution in [1.29, 1.82) is 0 Å². The summed E-state index contributed by atoms with van der Waals surface area (Å²) in [7, 11) is 0. The third-order valence-electron chi connectivity index (χ3n) is 2.10. The summed E-state index contributed by atoms with van der Waals surface area (Å²) in [5, 5.41) is 9.48. The molecule has 0 radical (unpaired) electrons. The Morgan fingerprint density at radius 3 is 2.78 bits per heavy atom. The summed E-state index contributed by atoms with van der Waals surface area (Å²) in [5.74, 6) is -0.579. The molecule has 92 valence electrons. The van der Waals surface area contributed by atoms with Crippen LogP contribution in [0.2, 0.25) is 5.02 Å². The van der Waals surface area contributed by atoms with Crippen molar-refractivity contribution in [2.24, 2.45) is 0 Å². The van der Waals surface area contributed by atoms with E-state index in [1.807, 2.05) is 0 Å². The number of aromatic nitrogens is 1. The van der Waals surface area contributed by atoms with Crippen molar-refractivity contribution in [2.75, 3.05) is 0 Å². The third-order valence-corrected chi connectivity index (χ3v) is 2.87. The van der Waals surface area contributed by atoms with Gasteiger partial charge in [0.15, 0.2) is 0 Å². The molecule has 1 heterocycles. The van der Waals surface area contributed by atoms with E-state index < -0.39 is 5.97 Å². The summed E-state index contributed by atoms with van der Waals surface area (Å²) in [6.45, 7) is 0. The van der Waals surface area contributed by atoms with E-state index in [4.69, 9.17) is 21.4 Å². The topological polar surface area (TPSA) is 59.4 Å². The van der Waals surface area contributed by atoms with E-state index in [0.29, 0.717) is 9.50 Å². The molecule has 0 bridgehead atoms. The summed E-state index contributed by atoms with van der Waals surface area (Å²) < 4.78 is 6.01. The van der Waals surface area contributed by atoms with Gasteiger partial charge in [-0.2, -0.15) is 0 Å². The molecule has 0 amide bonds. The van der Waals surface area contributed by atoms with Crippen molar-refractivity contribution in [2.45, 2.75) is 0 Å². The Labute approximate surface area is 116 Å². The number of rotatable bonds is 3. The molecular formula is C12H7BrClNO3. The number of carboxylic acids is 1. The summed E-state index contributed by atoms with van der Waals surface area (Å²) in [4.78, 5) is 15.0. The molecule has 0 saturated carbocycles. The molecular weight excluding hydrogens is 321 g/mol. The van der Waals surface area contributed by atoms with Crippen LogP contribution in [0.3, 0.4) is 0 Å². The first kappa shape index (κ1) is 12.9. The van der Waals surface area contributed by atoms with Crippen molar-refractivity contribution in [3.63, 3.8) is 0 Å². The maximum absolute atomic E-state index is 11.0. The van der Waals surface area contributed by atoms with Crippen LogP contribution in [0.1, 0.15) is 10.4 Å². The quantitative estimate of drug-likeness (QED) is 0.925. The lowest BCUT2D eigenvalue weighted by Gasteiger charge is -2.08. The molecule has 1 aromatic carbocycles. The molecule has 6 heteroatoms. The molecule has 18 heavy (non-hydrogen) atoms. The Hall–Kier alpha value is -1.59. The van der Waals surface area contributed by atoms with Crippen LogP contribution in [0.15, 0.2) is 41.0 Å². The van der Waals surface area contributed by atoms with Crippen molar-refractivity contribution in [3.8, 4) is 11.6 Å². The highest BCUT2D eigenvalue weighted by atomic mass is 79.9. The van der Waals surface area contributed by atoms with Gasteiger partial charge in [0.1, 0.15) is 11.3 Å². The molecule has 1 aromatic heterocycles. The lowest BCUT2D eigenvalue weighted by Crippen LogP contribution is -2.00. The zero-order valence-electron chi connectivity index (χ0n) is 8.93. The summed E-state index contributed by atoms with van der Waals surface area (Å²) >= 11 is 9.01. The Bertz CT molecular complexity index is 604. The number of carbonyl (C=O) groups is 1. The number of carboxylic acid groups (broad SMARTS) is 1. The monoisotopic (exact) mass is 327 g/mol. The predicted octanol–water partition coefficient (Wildman–Crippen LogP) is 3.99. The smallest absolute Gasteiger partial charge is 0.339 e. The summed E-state index contributed by atoms with van der Waals surface area (Å²) in [6.07, 6.45) is 1.42. The fourth-order valence-corrected chi connectivity index (χ4v) is 2.03. The fraction of sp³-hybridized carbons (Fsp3) is 0. The molecule has 4 nitrogen and oxygen atoms in total. The van der Waals surface area contributed by atoms with Crippen LogP contribution in [-0.4, -0.2) is 16.1 Å². The molecule has 0 aliphatic carbocycles. The molecule has 0 aliphatic heterocycles. The number of pyridine rings is 1. The van der Waals surface area contributed by atoms with Crippen LogP contribution < -0.4 is 4.74 Å². The van der Waals surface area contributed by atoms with Gasteiger partial charge in [-0.1, -0.05) is 23.7 Å². The second kappa shape index (κ2) is 5.37. The summed E-state index contributed by atoms with van der Waals surface area (Å²) in [5.41, 5.74) is 0.0705. The third kappa shape index (κ3) is 2.80. The minimum absolute atomic E-state index is 0.0705. The molecule has 2 rings (SSSR count). The predicted molar refractivity (Wildman–Crippen MR) is 70.4 cm³/mol. The van der Waals surface area contributed by atoms with Crippen molar-refractivity contribution in [1.82, 2.24) is 4.98 Å². The SMILES string of the molecule is O=C(O)c1ccccc1Oc1ncc(Cl)cc1Br. The Morgan fingerprint density at radius 2 is 2.11 bits per heavy atom. The molecule has 0 saturated heterocycles. The Kier molecular flexibility index (Phi) is 3.84. The van der Waals surface area contributed by atoms with Crippen LogP contribution in [0.5, 0.6) is 11.6 Å². The van der Waals surface area contributed by atoms with Gasteiger partial charge in [0, 0.05) is 6.20 Å². The molecule has 2 aromatic rings. The largest absolute Gasteiger partial charge is 0.478 e. The minimum atomic E-state index is -1.06. The van der Waals surface area contributed by atoms with E-state index in [0.717, 1.165) is 0 Å². The number of hydrogen-bond donors (Lipinski definition) is 1. The number of aromatic carboxylic acids is 1. The van der Waals surface area contributed by atoms with E-state index in [1.165, 1.54) is 12.3 Å². The average Bonchev–Trinajstić information content (AvgIpc) is 2.33. The molecule has 0 spiro atoms. The Balaban J connectivity index is 2.37. The van der Waals surface area contributed by atoms with Gasteiger partial charge in [0.2, 0.25) is 5.88 Å². The second-order valence-electron chi connectivity index (χ2n) is 3.34. The van der Waals surface area contributed by atoms with Gasteiger partial charge in [-0.25, -0.2) is 9.78 Å². The standard InChI is InChI=1S/C12H7BrClNO3/c13-9-5-7(14)6-15-11(9)18-10-4-2-1-3-8(10)12(16)17/h1-6H,(H,16,17). The maximum Gasteiger partial charge on any atom is 0.339 e. The van der Waals surface area contributed by atoms with Gasteiger partial charge in [-0.05, 0) is 34.1 Å². The fourth-order valence-electron chi connectivity index (χ4n) is 1.31. The van der Waals surface area contributed by atoms with E-state index in [9.17, 15) is 4.79 Å². The number of ether oxygens (including phenoxy) is 1. The van der Waals surface area contributed by atoms with Crippen molar-refractivity contribution < 1.29 is 14.6 Å². The number of hydrogen-bond acceptors (Lipinski definition) is 3. The van der Waals surface area contributed by atoms with E-state index in [1.54, 1.807) is 24.3 Å². The number of benzene rings is 1. The van der Waals surface area contributed by atoms with Gasteiger partial charge in [0.25, 0.3) is 0 Å². The zero-order valence-corrected chi connectivity index (χ0v) is 11.3. The summed E-state index contributed by atoms with van der Waals surface area (Å²) in [6, 6.07) is 7.95. The van der Waals surface area contributed by atoms with Crippen LogP contribution in [0.4, 0.5) is 0 Å². The van der Waals surface area contributed by atoms with E-state index in [-0.39, 0.29) is 17.2 Å². The molecule has 0 atom stereocenters. The Morgan fingerprint density at radius 1 is 1.39 bits per heavy atom. The first-order chi connectivity index (χ1) is 8.58. The number of nitrogens with zero attached hydrogens (tertiary/aromatic N) is 1. The van der Waals surface area contributed by atoms with Crippen LogP contribution in [0, 0.1) is 0 Å². The highest BCUT2D eigenvalue weighted by molar-refractivity contribution is 9.10. The van der Waals surface area contributed by atoms with Gasteiger partial charge in [0.05, 0.1) is 9.50 Å². The molecule has 0 fully saturated rings. The van der Waals surface area contributed by atoms with Crippen molar-refractivity contribution >= 4 is 33.5 Å². The maximum atomic E-state index is 11.0.